The fraction of sp³-hybridized carbons (Fsp3) is 0.500. The smallest absolute Gasteiger partial charge is 0.225 e. The maximum absolute atomic E-state index is 11.4. The average molecular weight is 228 g/mol. The van der Waals surface area contributed by atoms with Crippen LogP contribution in [0.3, 0.4) is 0 Å². The number of anilines is 1. The van der Waals surface area contributed by atoms with Gasteiger partial charge in [-0.25, -0.2) is 4.98 Å². The van der Waals surface area contributed by atoms with E-state index in [1.165, 1.54) is 12.4 Å². The minimum Gasteiger partial charge on any atom is -0.309 e. The third-order valence-corrected chi connectivity index (χ3v) is 2.00. The highest BCUT2D eigenvalue weighted by Crippen LogP contribution is 2.09. The highest BCUT2D eigenvalue weighted by atomic mass is 35.5. The van der Waals surface area contributed by atoms with E-state index in [2.05, 4.69) is 29.1 Å². The number of nitrogens with zero attached hydrogens (tertiary/aromatic N) is 2. The minimum atomic E-state index is -0.0553. The van der Waals surface area contributed by atoms with Gasteiger partial charge in [-0.3, -0.25) is 9.78 Å². The molecular formula is C10H14ClN3O. The third kappa shape index (κ3) is 4.74. The second-order valence-corrected chi connectivity index (χ2v) is 4.09. The molecule has 1 aromatic rings. The Hall–Kier alpha value is -1.16. The number of hydrogen-bond donors (Lipinski definition) is 1. The van der Waals surface area contributed by atoms with Crippen LogP contribution in [0.2, 0.25) is 5.15 Å². The Morgan fingerprint density at radius 1 is 1.53 bits per heavy atom. The number of halogens is 1. The van der Waals surface area contributed by atoms with E-state index >= 15 is 0 Å². The predicted molar refractivity (Wildman–Crippen MR) is 59.7 cm³/mol. The van der Waals surface area contributed by atoms with Crippen molar-refractivity contribution in [2.75, 3.05) is 5.32 Å². The highest BCUT2D eigenvalue weighted by molar-refractivity contribution is 6.29. The molecule has 0 aliphatic heterocycles. The van der Waals surface area contributed by atoms with Gasteiger partial charge >= 0.3 is 0 Å². The highest BCUT2D eigenvalue weighted by Gasteiger charge is 2.05. The number of rotatable bonds is 4. The van der Waals surface area contributed by atoms with Gasteiger partial charge in [0, 0.05) is 6.42 Å². The normalized spacial score (nSPS) is 10.4. The molecule has 0 fully saturated rings. The van der Waals surface area contributed by atoms with Crippen molar-refractivity contribution >= 4 is 23.3 Å². The van der Waals surface area contributed by atoms with Crippen LogP contribution in [0.5, 0.6) is 0 Å². The second kappa shape index (κ2) is 5.66. The van der Waals surface area contributed by atoms with Gasteiger partial charge in [0.1, 0.15) is 5.15 Å². The molecular weight excluding hydrogens is 214 g/mol. The van der Waals surface area contributed by atoms with E-state index < -0.39 is 0 Å². The summed E-state index contributed by atoms with van der Waals surface area (Å²) in [4.78, 5) is 19.1. The summed E-state index contributed by atoms with van der Waals surface area (Å²) >= 11 is 5.63. The lowest BCUT2D eigenvalue weighted by Gasteiger charge is -2.05. The molecule has 0 atom stereocenters. The zero-order valence-electron chi connectivity index (χ0n) is 8.83. The van der Waals surface area contributed by atoms with Gasteiger partial charge in [-0.1, -0.05) is 25.4 Å². The molecule has 0 saturated carbocycles. The van der Waals surface area contributed by atoms with Gasteiger partial charge in [0.15, 0.2) is 5.82 Å². The third-order valence-electron chi connectivity index (χ3n) is 1.82. The van der Waals surface area contributed by atoms with Crippen LogP contribution in [0.25, 0.3) is 0 Å². The molecule has 0 unspecified atom stereocenters. The standard InChI is InChI=1S/C10H14ClN3O/c1-7(2)3-4-10(15)14-9-6-12-5-8(11)13-9/h5-7H,3-4H2,1-2H3,(H,13,14,15). The molecule has 15 heavy (non-hydrogen) atoms. The molecule has 0 bridgehead atoms. The SMILES string of the molecule is CC(C)CCC(=O)Nc1cncc(Cl)n1. The summed E-state index contributed by atoms with van der Waals surface area (Å²) in [7, 11) is 0. The number of carbonyl (C=O) groups excluding carboxylic acids is 1. The van der Waals surface area contributed by atoms with E-state index in [0.29, 0.717) is 18.2 Å². The van der Waals surface area contributed by atoms with Crippen LogP contribution in [0.4, 0.5) is 5.82 Å². The van der Waals surface area contributed by atoms with Gasteiger partial charge in [0.25, 0.3) is 0 Å². The molecule has 0 spiro atoms. The number of amides is 1. The van der Waals surface area contributed by atoms with Crippen molar-refractivity contribution in [3.8, 4) is 0 Å². The van der Waals surface area contributed by atoms with Gasteiger partial charge in [-0.05, 0) is 12.3 Å². The summed E-state index contributed by atoms with van der Waals surface area (Å²) < 4.78 is 0. The van der Waals surface area contributed by atoms with E-state index in [4.69, 9.17) is 11.6 Å². The fourth-order valence-corrected chi connectivity index (χ4v) is 1.17. The molecule has 1 amide bonds. The van der Waals surface area contributed by atoms with Gasteiger partial charge in [0.2, 0.25) is 5.91 Å². The lowest BCUT2D eigenvalue weighted by Crippen LogP contribution is -2.13. The molecule has 4 nitrogen and oxygen atoms in total. The number of hydrogen-bond acceptors (Lipinski definition) is 3. The van der Waals surface area contributed by atoms with Crippen molar-refractivity contribution in [2.24, 2.45) is 5.92 Å². The monoisotopic (exact) mass is 227 g/mol. The van der Waals surface area contributed by atoms with Gasteiger partial charge < -0.3 is 5.32 Å². The first kappa shape index (κ1) is 11.9. The summed E-state index contributed by atoms with van der Waals surface area (Å²) in [6.07, 6.45) is 4.25. The number of carbonyl (C=O) groups is 1. The van der Waals surface area contributed by atoms with Crippen LogP contribution in [0.1, 0.15) is 26.7 Å². The summed E-state index contributed by atoms with van der Waals surface area (Å²) in [6, 6.07) is 0. The largest absolute Gasteiger partial charge is 0.309 e. The summed E-state index contributed by atoms with van der Waals surface area (Å²) in [5, 5.41) is 2.92. The first-order valence-corrected chi connectivity index (χ1v) is 5.23. The van der Waals surface area contributed by atoms with E-state index in [-0.39, 0.29) is 11.1 Å². The lowest BCUT2D eigenvalue weighted by atomic mass is 10.1. The van der Waals surface area contributed by atoms with Crippen LogP contribution >= 0.6 is 11.6 Å². The Bertz CT molecular complexity index is 341. The van der Waals surface area contributed by atoms with E-state index in [9.17, 15) is 4.79 Å². The van der Waals surface area contributed by atoms with Gasteiger partial charge in [-0.15, -0.1) is 0 Å². The van der Waals surface area contributed by atoms with E-state index in [1.54, 1.807) is 0 Å². The lowest BCUT2D eigenvalue weighted by molar-refractivity contribution is -0.116. The Labute approximate surface area is 94.1 Å². The first-order valence-electron chi connectivity index (χ1n) is 4.85. The minimum absolute atomic E-state index is 0.0553. The summed E-state index contributed by atoms with van der Waals surface area (Å²) in [6.45, 7) is 4.15. The molecule has 1 N–H and O–H groups in total. The van der Waals surface area contributed by atoms with Crippen molar-refractivity contribution in [2.45, 2.75) is 26.7 Å². The Morgan fingerprint density at radius 2 is 2.27 bits per heavy atom. The molecule has 0 saturated heterocycles. The van der Waals surface area contributed by atoms with Crippen molar-refractivity contribution in [1.82, 2.24) is 9.97 Å². The van der Waals surface area contributed by atoms with Crippen molar-refractivity contribution in [3.05, 3.63) is 17.5 Å². The second-order valence-electron chi connectivity index (χ2n) is 3.71. The van der Waals surface area contributed by atoms with Crippen LogP contribution < -0.4 is 5.32 Å². The maximum atomic E-state index is 11.4. The number of nitrogens with one attached hydrogen (secondary N) is 1. The molecule has 1 heterocycles. The zero-order chi connectivity index (χ0) is 11.3. The predicted octanol–water partition coefficient (Wildman–Crippen LogP) is 2.50. The van der Waals surface area contributed by atoms with Crippen molar-refractivity contribution in [3.63, 3.8) is 0 Å². The molecule has 0 aliphatic carbocycles. The summed E-state index contributed by atoms with van der Waals surface area (Å²) in [5.74, 6) is 0.859. The molecule has 0 radical (unpaired) electrons. The van der Waals surface area contributed by atoms with Gasteiger partial charge in [-0.2, -0.15) is 0 Å². The van der Waals surface area contributed by atoms with Crippen LogP contribution in [-0.2, 0) is 4.79 Å². The van der Waals surface area contributed by atoms with E-state index in [0.717, 1.165) is 6.42 Å². The molecule has 1 aromatic heterocycles. The average Bonchev–Trinajstić information content (AvgIpc) is 2.15. The number of aromatic nitrogens is 2. The summed E-state index contributed by atoms with van der Waals surface area (Å²) in [5.41, 5.74) is 0. The zero-order valence-corrected chi connectivity index (χ0v) is 9.58. The Morgan fingerprint density at radius 3 is 2.87 bits per heavy atom. The van der Waals surface area contributed by atoms with Gasteiger partial charge in [0.05, 0.1) is 12.4 Å². The first-order chi connectivity index (χ1) is 7.08. The Balaban J connectivity index is 2.44. The van der Waals surface area contributed by atoms with Crippen LogP contribution in [0, 0.1) is 5.92 Å². The van der Waals surface area contributed by atoms with Crippen LogP contribution in [-0.4, -0.2) is 15.9 Å². The van der Waals surface area contributed by atoms with Crippen molar-refractivity contribution in [1.29, 1.82) is 0 Å². The molecule has 5 heteroatoms. The topological polar surface area (TPSA) is 54.9 Å². The molecule has 0 aromatic carbocycles. The van der Waals surface area contributed by atoms with Crippen molar-refractivity contribution < 1.29 is 4.79 Å². The molecule has 0 aliphatic rings. The molecule has 82 valence electrons. The maximum Gasteiger partial charge on any atom is 0.225 e. The van der Waals surface area contributed by atoms with Crippen LogP contribution in [0.15, 0.2) is 12.4 Å². The fourth-order valence-electron chi connectivity index (χ4n) is 1.03. The Kier molecular flexibility index (Phi) is 4.49. The quantitative estimate of drug-likeness (QED) is 0.860. The molecule has 1 rings (SSSR count). The van der Waals surface area contributed by atoms with E-state index in [1.807, 2.05) is 0 Å².